The smallest absolute Gasteiger partial charge is 0.369 e. The van der Waals surface area contributed by atoms with Crippen LogP contribution in [0.2, 0.25) is 0 Å². The molecule has 1 saturated heterocycles. The number of nitrogens with two attached hydrogens (primary N) is 1. The number of hydrogen-bond donors (Lipinski definition) is 3. The second-order valence-electron chi connectivity index (χ2n) is 8.67. The van der Waals surface area contributed by atoms with E-state index in [2.05, 4.69) is 10.1 Å². The number of alkyl halides is 6. The summed E-state index contributed by atoms with van der Waals surface area (Å²) in [6, 6.07) is 3.64. The summed E-state index contributed by atoms with van der Waals surface area (Å²) in [4.78, 5) is 15.3. The number of hydrogen-bond acceptors (Lipinski definition) is 8. The van der Waals surface area contributed by atoms with Crippen LogP contribution in [0.5, 0.6) is 0 Å². The van der Waals surface area contributed by atoms with Gasteiger partial charge in [-0.15, -0.1) is 11.3 Å². The molecule has 3 aromatic rings. The van der Waals surface area contributed by atoms with Crippen molar-refractivity contribution in [3.05, 3.63) is 58.5 Å². The van der Waals surface area contributed by atoms with Crippen LogP contribution < -0.4 is 10.6 Å². The number of aromatic amines is 1. The van der Waals surface area contributed by atoms with Gasteiger partial charge in [0.1, 0.15) is 10.5 Å². The maximum atomic E-state index is 13.9. The monoisotopic (exact) mass is 598 g/mol. The number of amides is 1. The number of aliphatic hydroxyl groups is 1. The fraction of sp³-hybridized carbons (Fsp3) is 0.381. The molecule has 1 fully saturated rings. The van der Waals surface area contributed by atoms with E-state index in [0.717, 1.165) is 34.9 Å². The van der Waals surface area contributed by atoms with Gasteiger partial charge in [0.05, 0.1) is 10.4 Å². The minimum absolute atomic E-state index is 0.181. The van der Waals surface area contributed by atoms with Crippen LogP contribution in [0.15, 0.2) is 40.9 Å². The van der Waals surface area contributed by atoms with E-state index in [1.54, 1.807) is 0 Å². The third-order valence-electron chi connectivity index (χ3n) is 6.16. The molecule has 4 N–H and O–H groups in total. The second-order valence-corrected chi connectivity index (χ2v) is 11.9. The Balaban J connectivity index is 1.62. The zero-order valence-electron chi connectivity index (χ0n) is 19.8. The van der Waals surface area contributed by atoms with Crippen LogP contribution in [0.3, 0.4) is 0 Å². The molecule has 0 spiro atoms. The Hall–Kier alpha value is -3.22. The normalized spacial score (nSPS) is 19.2. The van der Waals surface area contributed by atoms with Crippen LogP contribution in [-0.4, -0.2) is 70.8 Å². The highest BCUT2D eigenvalue weighted by Crippen LogP contribution is 2.46. The number of nitrogens with one attached hydrogen (secondary N) is 1. The van der Waals surface area contributed by atoms with Gasteiger partial charge in [0.15, 0.2) is 5.82 Å². The number of rotatable bonds is 6. The first-order chi connectivity index (χ1) is 18.0. The molecule has 39 heavy (non-hydrogen) atoms. The molecule has 1 aliphatic heterocycles. The molecule has 10 nitrogen and oxygen atoms in total. The Kier molecular flexibility index (Phi) is 7.20. The van der Waals surface area contributed by atoms with E-state index >= 15 is 0 Å². The zero-order chi connectivity index (χ0) is 29.0. The van der Waals surface area contributed by atoms with Gasteiger partial charge < -0.3 is 15.7 Å². The largest absolute Gasteiger partial charge is 0.429 e. The third-order valence-corrected chi connectivity index (χ3v) is 9.84. The van der Waals surface area contributed by atoms with Gasteiger partial charge in [-0.2, -0.15) is 35.7 Å². The van der Waals surface area contributed by atoms with E-state index in [1.165, 1.54) is 11.8 Å². The molecule has 2 aromatic heterocycles. The van der Waals surface area contributed by atoms with Crippen molar-refractivity contribution in [2.45, 2.75) is 35.1 Å². The molecule has 3 heterocycles. The highest BCUT2D eigenvalue weighted by atomic mass is 32.2. The Labute approximate surface area is 221 Å². The Morgan fingerprint density at radius 1 is 1.15 bits per heavy atom. The summed E-state index contributed by atoms with van der Waals surface area (Å²) in [5.41, 5.74) is -0.307. The van der Waals surface area contributed by atoms with Crippen molar-refractivity contribution in [1.82, 2.24) is 19.5 Å². The van der Waals surface area contributed by atoms with Gasteiger partial charge in [-0.3, -0.25) is 9.89 Å². The molecular formula is C21H20F6N6O4S2. The van der Waals surface area contributed by atoms with Crippen LogP contribution in [0.25, 0.3) is 0 Å². The highest BCUT2D eigenvalue weighted by Gasteiger charge is 2.60. The van der Waals surface area contributed by atoms with E-state index in [1.807, 2.05) is 5.10 Å². The minimum Gasteiger partial charge on any atom is -0.369 e. The highest BCUT2D eigenvalue weighted by molar-refractivity contribution is 7.91. The number of carbonyl (C=O) groups excluding carboxylic acids is 1. The summed E-state index contributed by atoms with van der Waals surface area (Å²) in [7, 11) is -4.41. The second kappa shape index (κ2) is 9.76. The molecule has 0 radical (unpaired) electrons. The lowest BCUT2D eigenvalue weighted by atomic mass is 10.0. The molecule has 2 unspecified atom stereocenters. The average Bonchev–Trinajstić information content (AvgIpc) is 3.55. The van der Waals surface area contributed by atoms with Gasteiger partial charge in [-0.05, 0) is 37.3 Å². The van der Waals surface area contributed by atoms with Crippen LogP contribution in [0.4, 0.5) is 32.0 Å². The number of halogens is 6. The van der Waals surface area contributed by atoms with Gasteiger partial charge in [-0.1, -0.05) is 0 Å². The van der Waals surface area contributed by atoms with Crippen molar-refractivity contribution < 1.29 is 44.7 Å². The van der Waals surface area contributed by atoms with Crippen molar-refractivity contribution in [3.8, 4) is 0 Å². The summed E-state index contributed by atoms with van der Waals surface area (Å²) >= 11 is 0.181. The lowest BCUT2D eigenvalue weighted by molar-refractivity contribution is -0.249. The van der Waals surface area contributed by atoms with Crippen molar-refractivity contribution in [2.75, 3.05) is 24.5 Å². The minimum atomic E-state index is -5.28. The molecule has 0 aliphatic carbocycles. The van der Waals surface area contributed by atoms with Gasteiger partial charge in [-0.25, -0.2) is 13.4 Å². The van der Waals surface area contributed by atoms with Crippen LogP contribution >= 0.6 is 11.3 Å². The zero-order valence-corrected chi connectivity index (χ0v) is 21.4. The SMILES string of the molecule is CC1CN(c2ccc(C(N)=O)cc2C(F)(F)F)CCN1S(=O)(=O)c1ccc(C(O)(c2ncn[nH]2)C(F)(F)F)s1. The quantitative estimate of drug-likeness (QED) is 0.370. The fourth-order valence-corrected chi connectivity index (χ4v) is 7.41. The summed E-state index contributed by atoms with van der Waals surface area (Å²) in [6.07, 6.45) is -9.36. The average molecular weight is 599 g/mol. The molecule has 0 saturated carbocycles. The lowest BCUT2D eigenvalue weighted by Gasteiger charge is -2.40. The number of primary amides is 1. The number of anilines is 1. The van der Waals surface area contributed by atoms with Crippen molar-refractivity contribution >= 4 is 33.0 Å². The van der Waals surface area contributed by atoms with Crippen molar-refractivity contribution in [3.63, 3.8) is 0 Å². The van der Waals surface area contributed by atoms with Crippen molar-refractivity contribution in [2.24, 2.45) is 5.73 Å². The Morgan fingerprint density at radius 2 is 1.85 bits per heavy atom. The van der Waals surface area contributed by atoms with E-state index in [0.29, 0.717) is 6.07 Å². The standard InChI is InChI=1S/C21H20F6N6O4S2/c1-11-9-32(14-3-2-12(17(28)34)8-13(14)20(22,23)24)6-7-33(11)39(36,37)16-5-4-15(38-16)19(35,21(25,26)27)18-29-10-30-31-18/h2-5,8,10-11,35H,6-7,9H2,1H3,(H2,28,34)(H,29,30,31). The van der Waals surface area contributed by atoms with Crippen molar-refractivity contribution in [1.29, 1.82) is 0 Å². The molecular weight excluding hydrogens is 578 g/mol. The van der Waals surface area contributed by atoms with Gasteiger partial charge in [0.25, 0.3) is 15.6 Å². The molecule has 0 bridgehead atoms. The molecule has 4 rings (SSSR count). The molecule has 1 aromatic carbocycles. The van der Waals surface area contributed by atoms with E-state index in [-0.39, 0.29) is 42.2 Å². The first kappa shape index (κ1) is 28.8. The first-order valence-electron chi connectivity index (χ1n) is 11.0. The molecule has 1 aliphatic rings. The van der Waals surface area contributed by atoms with E-state index in [4.69, 9.17) is 5.73 Å². The summed E-state index contributed by atoms with van der Waals surface area (Å²) in [6.45, 7) is 0.757. The summed E-state index contributed by atoms with van der Waals surface area (Å²) in [5.74, 6) is -2.00. The van der Waals surface area contributed by atoms with Crippen LogP contribution in [0.1, 0.15) is 33.5 Å². The lowest BCUT2D eigenvalue weighted by Crippen LogP contribution is -2.54. The summed E-state index contributed by atoms with van der Waals surface area (Å²) < 4.78 is 110. The Bertz CT molecular complexity index is 1470. The topological polar surface area (TPSA) is 146 Å². The Morgan fingerprint density at radius 3 is 2.38 bits per heavy atom. The van der Waals surface area contributed by atoms with Crippen LogP contribution in [0, 0.1) is 0 Å². The maximum absolute atomic E-state index is 13.9. The first-order valence-corrected chi connectivity index (χ1v) is 13.3. The number of benzene rings is 1. The van der Waals surface area contributed by atoms with Gasteiger partial charge in [0, 0.05) is 36.9 Å². The molecule has 18 heteroatoms. The molecule has 1 amide bonds. The summed E-state index contributed by atoms with van der Waals surface area (Å²) in [5, 5.41) is 15.8. The number of carbonyl (C=O) groups is 1. The predicted octanol–water partition coefficient (Wildman–Crippen LogP) is 2.68. The number of aromatic nitrogens is 3. The fourth-order valence-electron chi connectivity index (χ4n) is 4.25. The van der Waals surface area contributed by atoms with E-state index < -0.39 is 60.4 Å². The third kappa shape index (κ3) is 5.08. The van der Waals surface area contributed by atoms with Crippen LogP contribution in [-0.2, 0) is 21.8 Å². The van der Waals surface area contributed by atoms with E-state index in [9.17, 15) is 44.7 Å². The molecule has 2 atom stereocenters. The number of thiophene rings is 1. The number of piperazine rings is 1. The predicted molar refractivity (Wildman–Crippen MR) is 125 cm³/mol. The number of H-pyrrole nitrogens is 1. The molecule has 212 valence electrons. The van der Waals surface area contributed by atoms with Gasteiger partial charge in [0.2, 0.25) is 5.91 Å². The van der Waals surface area contributed by atoms with Gasteiger partial charge >= 0.3 is 12.4 Å². The maximum Gasteiger partial charge on any atom is 0.429 e. The number of sulfonamides is 1. The number of nitrogens with zero attached hydrogens (tertiary/aromatic N) is 4.